The number of sulfone groups is 1. The van der Waals surface area contributed by atoms with Crippen LogP contribution in [0.1, 0.15) is 45.3 Å². The average molecular weight is 439 g/mol. The Morgan fingerprint density at radius 2 is 1.84 bits per heavy atom. The molecule has 2 aliphatic heterocycles. The van der Waals surface area contributed by atoms with Gasteiger partial charge in [-0.3, -0.25) is 9.59 Å². The second-order valence-electron chi connectivity index (χ2n) is 8.37. The van der Waals surface area contributed by atoms with E-state index in [9.17, 15) is 23.1 Å². The maximum Gasteiger partial charge on any atom is 0.291 e. The van der Waals surface area contributed by atoms with Gasteiger partial charge in [-0.15, -0.1) is 0 Å². The largest absolute Gasteiger partial charge is 0.508 e. The normalized spacial score (nSPS) is 22.3. The van der Waals surface area contributed by atoms with Crippen LogP contribution in [0.25, 0.3) is 11.0 Å². The number of amides is 1. The quantitative estimate of drug-likeness (QED) is 0.658. The Hall–Kier alpha value is -3.13. The van der Waals surface area contributed by atoms with Crippen LogP contribution in [0.5, 0.6) is 5.75 Å². The number of benzene rings is 2. The van der Waals surface area contributed by atoms with Crippen LogP contribution in [-0.4, -0.2) is 41.9 Å². The zero-order valence-corrected chi connectivity index (χ0v) is 17.9. The number of hydrogen-bond donors (Lipinski definition) is 1. The van der Waals surface area contributed by atoms with Crippen LogP contribution in [0.4, 0.5) is 0 Å². The second kappa shape index (κ2) is 6.68. The summed E-state index contributed by atoms with van der Waals surface area (Å²) >= 11 is 0. The van der Waals surface area contributed by atoms with Gasteiger partial charge in [0.05, 0.1) is 28.5 Å². The van der Waals surface area contributed by atoms with E-state index in [1.807, 2.05) is 13.8 Å². The fourth-order valence-corrected chi connectivity index (χ4v) is 6.35. The van der Waals surface area contributed by atoms with Crippen LogP contribution in [0.15, 0.2) is 45.6 Å². The maximum atomic E-state index is 13.6. The van der Waals surface area contributed by atoms with Gasteiger partial charge in [0, 0.05) is 6.04 Å². The minimum atomic E-state index is -3.27. The number of phenolic OH excluding ortho intramolecular Hbond substituents is 1. The van der Waals surface area contributed by atoms with Crippen LogP contribution >= 0.6 is 0 Å². The van der Waals surface area contributed by atoms with Gasteiger partial charge in [-0.25, -0.2) is 8.42 Å². The maximum absolute atomic E-state index is 13.6. The zero-order valence-electron chi connectivity index (χ0n) is 17.1. The molecule has 160 valence electrons. The summed E-state index contributed by atoms with van der Waals surface area (Å²) in [7, 11) is -3.27. The minimum Gasteiger partial charge on any atom is -0.508 e. The first kappa shape index (κ1) is 19.8. The molecule has 1 fully saturated rings. The van der Waals surface area contributed by atoms with Crippen molar-refractivity contribution in [3.63, 3.8) is 0 Å². The van der Waals surface area contributed by atoms with Gasteiger partial charge in [-0.1, -0.05) is 12.1 Å². The van der Waals surface area contributed by atoms with Crippen molar-refractivity contribution in [2.45, 2.75) is 32.4 Å². The molecule has 2 aromatic carbocycles. The number of phenols is 1. The molecular formula is C23H21NO6S. The van der Waals surface area contributed by atoms with Crippen molar-refractivity contribution in [3.05, 3.63) is 74.6 Å². The summed E-state index contributed by atoms with van der Waals surface area (Å²) in [6.07, 6.45) is 0.295. The van der Waals surface area contributed by atoms with Gasteiger partial charge in [0.1, 0.15) is 11.3 Å². The summed E-state index contributed by atoms with van der Waals surface area (Å²) in [6, 6.07) is 8.44. The van der Waals surface area contributed by atoms with Gasteiger partial charge in [0.25, 0.3) is 5.91 Å². The highest BCUT2D eigenvalue weighted by atomic mass is 32.2. The third-order valence-corrected chi connectivity index (χ3v) is 8.06. The molecule has 1 saturated heterocycles. The van der Waals surface area contributed by atoms with Crippen molar-refractivity contribution in [1.82, 2.24) is 4.90 Å². The van der Waals surface area contributed by atoms with E-state index < -0.39 is 27.8 Å². The molecule has 1 N–H and O–H groups in total. The number of hydrogen-bond acceptors (Lipinski definition) is 6. The molecule has 2 atom stereocenters. The van der Waals surface area contributed by atoms with Crippen LogP contribution in [0.3, 0.4) is 0 Å². The van der Waals surface area contributed by atoms with E-state index in [1.54, 1.807) is 24.3 Å². The summed E-state index contributed by atoms with van der Waals surface area (Å²) in [5.41, 5.74) is 2.60. The molecule has 5 rings (SSSR count). The van der Waals surface area contributed by atoms with E-state index in [1.165, 1.54) is 17.0 Å². The van der Waals surface area contributed by atoms with E-state index in [-0.39, 0.29) is 34.0 Å². The molecule has 3 aromatic rings. The summed E-state index contributed by atoms with van der Waals surface area (Å²) in [4.78, 5) is 28.5. The monoisotopic (exact) mass is 439 g/mol. The molecule has 0 radical (unpaired) electrons. The van der Waals surface area contributed by atoms with Gasteiger partial charge in [-0.05, 0) is 61.2 Å². The molecular weight excluding hydrogens is 418 g/mol. The highest BCUT2D eigenvalue weighted by Gasteiger charge is 2.48. The fraction of sp³-hybridized carbons (Fsp3) is 0.304. The average Bonchev–Trinajstić information content (AvgIpc) is 3.20. The van der Waals surface area contributed by atoms with Crippen molar-refractivity contribution in [1.29, 1.82) is 0 Å². The van der Waals surface area contributed by atoms with E-state index in [0.29, 0.717) is 23.0 Å². The third kappa shape index (κ3) is 3.05. The van der Waals surface area contributed by atoms with Crippen molar-refractivity contribution in [2.75, 3.05) is 11.5 Å². The summed E-state index contributed by atoms with van der Waals surface area (Å²) in [6.45, 7) is 3.80. The van der Waals surface area contributed by atoms with Crippen LogP contribution < -0.4 is 5.43 Å². The Balaban J connectivity index is 1.79. The lowest BCUT2D eigenvalue weighted by atomic mass is 9.96. The molecule has 8 heteroatoms. The summed E-state index contributed by atoms with van der Waals surface area (Å²) in [5.74, 6) is -0.726. The van der Waals surface area contributed by atoms with Crippen LogP contribution in [0, 0.1) is 13.8 Å². The molecule has 0 aliphatic carbocycles. The molecule has 0 bridgehead atoms. The Morgan fingerprint density at radius 3 is 2.52 bits per heavy atom. The van der Waals surface area contributed by atoms with Crippen molar-refractivity contribution < 1.29 is 22.7 Å². The lowest BCUT2D eigenvalue weighted by molar-refractivity contribution is 0.0662. The Bertz CT molecular complexity index is 1420. The highest BCUT2D eigenvalue weighted by molar-refractivity contribution is 7.91. The fourth-order valence-electron chi connectivity index (χ4n) is 4.64. The van der Waals surface area contributed by atoms with Gasteiger partial charge in [0.2, 0.25) is 5.76 Å². The highest BCUT2D eigenvalue weighted by Crippen LogP contribution is 2.42. The van der Waals surface area contributed by atoms with Crippen molar-refractivity contribution >= 4 is 26.7 Å². The van der Waals surface area contributed by atoms with Gasteiger partial charge in [-0.2, -0.15) is 0 Å². The standard InChI is InChI=1S/C23H21NO6S/c1-12-8-17-18(9-13(12)2)30-22-19(21(17)26)20(14-4-3-5-16(25)10-14)24(23(22)27)15-6-7-31(28,29)11-15/h3-5,8-10,15,20,25H,6-7,11H2,1-2H3/t15-,20+/m0/s1. The topological polar surface area (TPSA) is 105 Å². The van der Waals surface area contributed by atoms with Crippen LogP contribution in [-0.2, 0) is 9.84 Å². The molecule has 7 nitrogen and oxygen atoms in total. The molecule has 0 spiro atoms. The minimum absolute atomic E-state index is 0.00552. The first-order valence-corrected chi connectivity index (χ1v) is 11.9. The summed E-state index contributed by atoms with van der Waals surface area (Å²) in [5, 5.41) is 10.4. The SMILES string of the molecule is Cc1cc2oc3c(c(=O)c2cc1C)[C@@H](c1cccc(O)c1)N([C@H]1CCS(=O)(=O)C1)C3=O. The number of aryl methyl sites for hydroxylation is 2. The summed E-state index contributed by atoms with van der Waals surface area (Å²) < 4.78 is 30.2. The lowest BCUT2D eigenvalue weighted by Crippen LogP contribution is -2.40. The second-order valence-corrected chi connectivity index (χ2v) is 10.6. The zero-order chi connectivity index (χ0) is 22.1. The molecule has 0 unspecified atom stereocenters. The molecule has 3 heterocycles. The molecule has 31 heavy (non-hydrogen) atoms. The number of nitrogens with zero attached hydrogens (tertiary/aromatic N) is 1. The predicted molar refractivity (Wildman–Crippen MR) is 115 cm³/mol. The van der Waals surface area contributed by atoms with Crippen molar-refractivity contribution in [3.8, 4) is 5.75 Å². The Morgan fingerprint density at radius 1 is 1.10 bits per heavy atom. The number of rotatable bonds is 2. The van der Waals surface area contributed by atoms with E-state index in [2.05, 4.69) is 0 Å². The number of fused-ring (bicyclic) bond motifs is 2. The lowest BCUT2D eigenvalue weighted by Gasteiger charge is -2.30. The Kier molecular flexibility index (Phi) is 4.27. The van der Waals surface area contributed by atoms with E-state index in [4.69, 9.17) is 4.42 Å². The van der Waals surface area contributed by atoms with Gasteiger partial charge in [0.15, 0.2) is 15.3 Å². The molecule has 1 amide bonds. The van der Waals surface area contributed by atoms with Crippen LogP contribution in [0.2, 0.25) is 0 Å². The van der Waals surface area contributed by atoms with E-state index in [0.717, 1.165) is 11.1 Å². The third-order valence-electron chi connectivity index (χ3n) is 6.31. The first-order chi connectivity index (χ1) is 14.7. The Labute approximate surface area is 178 Å². The smallest absolute Gasteiger partial charge is 0.291 e. The molecule has 2 aliphatic rings. The number of carbonyl (C=O) groups excluding carboxylic acids is 1. The molecule has 1 aromatic heterocycles. The number of carbonyl (C=O) groups is 1. The van der Waals surface area contributed by atoms with Gasteiger partial charge < -0.3 is 14.4 Å². The van der Waals surface area contributed by atoms with Gasteiger partial charge >= 0.3 is 0 Å². The van der Waals surface area contributed by atoms with Crippen molar-refractivity contribution in [2.24, 2.45) is 0 Å². The predicted octanol–water partition coefficient (Wildman–Crippen LogP) is 2.85. The first-order valence-electron chi connectivity index (χ1n) is 10.1. The van der Waals surface area contributed by atoms with E-state index >= 15 is 0 Å². The molecule has 0 saturated carbocycles. The number of aromatic hydroxyl groups is 1.